The Labute approximate surface area is 125 Å². The third-order valence-electron chi connectivity index (χ3n) is 3.80. The molecule has 1 aliphatic rings. The predicted octanol–water partition coefficient (Wildman–Crippen LogP) is 2.50. The summed E-state index contributed by atoms with van der Waals surface area (Å²) in [6, 6.07) is 0. The summed E-state index contributed by atoms with van der Waals surface area (Å²) in [6.45, 7) is 10.3. The molecule has 1 amide bonds. The highest BCUT2D eigenvalue weighted by molar-refractivity contribution is 7.11. The molecule has 5 heteroatoms. The van der Waals surface area contributed by atoms with Crippen molar-refractivity contribution in [3.05, 3.63) is 15.6 Å². The van der Waals surface area contributed by atoms with Crippen molar-refractivity contribution in [3.8, 4) is 0 Å². The van der Waals surface area contributed by atoms with Gasteiger partial charge in [0.25, 0.3) is 0 Å². The first-order chi connectivity index (χ1) is 9.58. The van der Waals surface area contributed by atoms with E-state index in [0.717, 1.165) is 37.6 Å². The second-order valence-corrected chi connectivity index (χ2v) is 6.97. The van der Waals surface area contributed by atoms with Crippen molar-refractivity contribution >= 4 is 17.2 Å². The standard InChI is InChI=1S/C15H25N3OS/c1-4-5-15(19)16-8-13-6-7-18(9-13)10-14-11(2)17-12(3)20-14/h13H,4-10H2,1-3H3,(H,16,19). The lowest BCUT2D eigenvalue weighted by Crippen LogP contribution is -2.30. The van der Waals surface area contributed by atoms with Crippen LogP contribution in [0.25, 0.3) is 0 Å². The van der Waals surface area contributed by atoms with Crippen molar-refractivity contribution in [2.24, 2.45) is 5.92 Å². The van der Waals surface area contributed by atoms with Gasteiger partial charge in [0.05, 0.1) is 10.7 Å². The van der Waals surface area contributed by atoms with E-state index in [0.29, 0.717) is 12.3 Å². The number of hydrogen-bond acceptors (Lipinski definition) is 4. The minimum atomic E-state index is 0.194. The summed E-state index contributed by atoms with van der Waals surface area (Å²) in [7, 11) is 0. The SMILES string of the molecule is CCCC(=O)NCC1CCN(Cc2sc(C)nc2C)C1. The van der Waals surface area contributed by atoms with Gasteiger partial charge < -0.3 is 5.32 Å². The number of amides is 1. The average Bonchev–Trinajstić information content (AvgIpc) is 2.95. The summed E-state index contributed by atoms with van der Waals surface area (Å²) < 4.78 is 0. The molecule has 0 spiro atoms. The highest BCUT2D eigenvalue weighted by atomic mass is 32.1. The van der Waals surface area contributed by atoms with Crippen molar-refractivity contribution in [1.82, 2.24) is 15.2 Å². The second-order valence-electron chi connectivity index (χ2n) is 5.69. The topological polar surface area (TPSA) is 45.2 Å². The highest BCUT2D eigenvalue weighted by Crippen LogP contribution is 2.23. The van der Waals surface area contributed by atoms with E-state index in [-0.39, 0.29) is 5.91 Å². The van der Waals surface area contributed by atoms with E-state index >= 15 is 0 Å². The Morgan fingerprint density at radius 3 is 2.95 bits per heavy atom. The first-order valence-electron chi connectivity index (χ1n) is 7.50. The summed E-state index contributed by atoms with van der Waals surface area (Å²) >= 11 is 1.80. The molecule has 20 heavy (non-hydrogen) atoms. The number of nitrogens with zero attached hydrogens (tertiary/aromatic N) is 2. The van der Waals surface area contributed by atoms with Crippen LogP contribution in [0.2, 0.25) is 0 Å². The van der Waals surface area contributed by atoms with Gasteiger partial charge in [-0.25, -0.2) is 4.98 Å². The molecule has 1 N–H and O–H groups in total. The highest BCUT2D eigenvalue weighted by Gasteiger charge is 2.23. The van der Waals surface area contributed by atoms with Crippen molar-refractivity contribution < 1.29 is 4.79 Å². The van der Waals surface area contributed by atoms with Gasteiger partial charge in [-0.15, -0.1) is 11.3 Å². The van der Waals surface area contributed by atoms with Crippen LogP contribution in [0, 0.1) is 19.8 Å². The zero-order chi connectivity index (χ0) is 14.5. The van der Waals surface area contributed by atoms with Crippen LogP contribution in [0.3, 0.4) is 0 Å². The Balaban J connectivity index is 1.75. The number of likely N-dealkylation sites (tertiary alicyclic amines) is 1. The van der Waals surface area contributed by atoms with Crippen LogP contribution < -0.4 is 5.32 Å². The number of thiazole rings is 1. The molecule has 4 nitrogen and oxygen atoms in total. The Bertz CT molecular complexity index is 458. The molecule has 1 fully saturated rings. The smallest absolute Gasteiger partial charge is 0.219 e. The van der Waals surface area contributed by atoms with E-state index in [2.05, 4.69) is 29.0 Å². The van der Waals surface area contributed by atoms with E-state index in [1.54, 1.807) is 11.3 Å². The lowest BCUT2D eigenvalue weighted by molar-refractivity contribution is -0.121. The van der Waals surface area contributed by atoms with Crippen LogP contribution in [0.5, 0.6) is 0 Å². The molecule has 0 aliphatic carbocycles. The zero-order valence-electron chi connectivity index (χ0n) is 12.7. The van der Waals surface area contributed by atoms with Gasteiger partial charge in [-0.05, 0) is 39.2 Å². The first kappa shape index (κ1) is 15.4. The number of carbonyl (C=O) groups is 1. The quantitative estimate of drug-likeness (QED) is 0.877. The van der Waals surface area contributed by atoms with Gasteiger partial charge in [0.1, 0.15) is 0 Å². The van der Waals surface area contributed by atoms with E-state index in [1.165, 1.54) is 17.0 Å². The third kappa shape index (κ3) is 4.28. The molecule has 0 aromatic carbocycles. The maximum absolute atomic E-state index is 11.5. The Morgan fingerprint density at radius 1 is 1.50 bits per heavy atom. The number of carbonyl (C=O) groups excluding carboxylic acids is 1. The largest absolute Gasteiger partial charge is 0.356 e. The third-order valence-corrected chi connectivity index (χ3v) is 4.86. The van der Waals surface area contributed by atoms with Gasteiger partial charge in [0, 0.05) is 30.9 Å². The Morgan fingerprint density at radius 2 is 2.30 bits per heavy atom. The van der Waals surface area contributed by atoms with Crippen molar-refractivity contribution in [2.45, 2.75) is 46.6 Å². The molecule has 1 unspecified atom stereocenters. The Hall–Kier alpha value is -0.940. The second kappa shape index (κ2) is 7.18. The minimum absolute atomic E-state index is 0.194. The molecule has 2 heterocycles. The van der Waals surface area contributed by atoms with E-state index in [4.69, 9.17) is 0 Å². The van der Waals surface area contributed by atoms with Gasteiger partial charge in [-0.1, -0.05) is 6.92 Å². The fourth-order valence-electron chi connectivity index (χ4n) is 2.72. The number of nitrogens with one attached hydrogen (secondary N) is 1. The average molecular weight is 295 g/mol. The molecule has 1 aliphatic heterocycles. The van der Waals surface area contributed by atoms with E-state index in [1.807, 2.05) is 6.92 Å². The van der Waals surface area contributed by atoms with Crippen molar-refractivity contribution in [2.75, 3.05) is 19.6 Å². The molecule has 1 saturated heterocycles. The molecule has 2 rings (SSSR count). The predicted molar refractivity (Wildman–Crippen MR) is 82.9 cm³/mol. The van der Waals surface area contributed by atoms with Gasteiger partial charge in [-0.3, -0.25) is 9.69 Å². The van der Waals surface area contributed by atoms with Crippen LogP contribution >= 0.6 is 11.3 Å². The molecule has 1 aromatic rings. The van der Waals surface area contributed by atoms with Crippen LogP contribution in [0.15, 0.2) is 0 Å². The monoisotopic (exact) mass is 295 g/mol. The molecule has 0 saturated carbocycles. The van der Waals surface area contributed by atoms with Crippen LogP contribution in [-0.4, -0.2) is 35.4 Å². The van der Waals surface area contributed by atoms with Gasteiger partial charge in [-0.2, -0.15) is 0 Å². The molecule has 1 atom stereocenters. The summed E-state index contributed by atoms with van der Waals surface area (Å²) in [5, 5.41) is 4.20. The summed E-state index contributed by atoms with van der Waals surface area (Å²) in [6.07, 6.45) is 2.76. The molecule has 1 aromatic heterocycles. The first-order valence-corrected chi connectivity index (χ1v) is 8.32. The van der Waals surface area contributed by atoms with E-state index < -0.39 is 0 Å². The lowest BCUT2D eigenvalue weighted by atomic mass is 10.1. The summed E-state index contributed by atoms with van der Waals surface area (Å²) in [4.78, 5) is 19.8. The van der Waals surface area contributed by atoms with Crippen LogP contribution in [0.4, 0.5) is 0 Å². The molecule has 112 valence electrons. The molecular formula is C15H25N3OS. The number of aromatic nitrogens is 1. The fraction of sp³-hybridized carbons (Fsp3) is 0.733. The zero-order valence-corrected chi connectivity index (χ0v) is 13.6. The lowest BCUT2D eigenvalue weighted by Gasteiger charge is -2.15. The Kier molecular flexibility index (Phi) is 5.54. The normalized spacial score (nSPS) is 19.4. The van der Waals surface area contributed by atoms with Gasteiger partial charge in [0.2, 0.25) is 5.91 Å². The fourth-order valence-corrected chi connectivity index (χ4v) is 3.70. The van der Waals surface area contributed by atoms with Gasteiger partial charge >= 0.3 is 0 Å². The molecular weight excluding hydrogens is 270 g/mol. The summed E-state index contributed by atoms with van der Waals surface area (Å²) in [5.41, 5.74) is 1.17. The maximum Gasteiger partial charge on any atom is 0.219 e. The summed E-state index contributed by atoms with van der Waals surface area (Å²) in [5.74, 6) is 0.796. The van der Waals surface area contributed by atoms with Crippen molar-refractivity contribution in [1.29, 1.82) is 0 Å². The van der Waals surface area contributed by atoms with E-state index in [9.17, 15) is 4.79 Å². The number of aryl methyl sites for hydroxylation is 2. The number of hydrogen-bond donors (Lipinski definition) is 1. The van der Waals surface area contributed by atoms with Crippen LogP contribution in [0.1, 0.15) is 41.8 Å². The molecule has 0 bridgehead atoms. The van der Waals surface area contributed by atoms with Gasteiger partial charge in [0.15, 0.2) is 0 Å². The number of rotatable bonds is 6. The maximum atomic E-state index is 11.5. The van der Waals surface area contributed by atoms with Crippen LogP contribution in [-0.2, 0) is 11.3 Å². The molecule has 0 radical (unpaired) electrons. The van der Waals surface area contributed by atoms with Crippen molar-refractivity contribution in [3.63, 3.8) is 0 Å². The minimum Gasteiger partial charge on any atom is -0.356 e.